The van der Waals surface area contributed by atoms with E-state index in [1.807, 2.05) is 17.5 Å². The van der Waals surface area contributed by atoms with E-state index in [1.165, 1.54) is 11.3 Å². The standard InChI is InChI=1S/C13H7Cl2N3OS2/c14-7-3-4-9(8(15)6-7)16-13(19)12-11(17-18-21-12)10-2-1-5-20-10/h1-6H,(H,16,19). The number of anilines is 1. The van der Waals surface area contributed by atoms with Crippen LogP contribution in [0.5, 0.6) is 0 Å². The van der Waals surface area contributed by atoms with Gasteiger partial charge in [-0.25, -0.2) is 0 Å². The second kappa shape index (κ2) is 6.11. The Kier molecular flexibility index (Phi) is 4.21. The Bertz CT molecular complexity index is 787. The van der Waals surface area contributed by atoms with E-state index in [0.29, 0.717) is 26.3 Å². The number of carbonyl (C=O) groups is 1. The van der Waals surface area contributed by atoms with Crippen molar-refractivity contribution in [3.63, 3.8) is 0 Å². The molecule has 4 nitrogen and oxygen atoms in total. The van der Waals surface area contributed by atoms with E-state index in [9.17, 15) is 4.79 Å². The van der Waals surface area contributed by atoms with Crippen molar-refractivity contribution in [3.05, 3.63) is 50.6 Å². The zero-order valence-corrected chi connectivity index (χ0v) is 13.5. The third-order valence-electron chi connectivity index (χ3n) is 2.63. The molecule has 3 rings (SSSR count). The SMILES string of the molecule is O=C(Nc1ccc(Cl)cc1Cl)c1snnc1-c1cccs1. The molecule has 1 amide bonds. The summed E-state index contributed by atoms with van der Waals surface area (Å²) in [5, 5.41) is 9.58. The topological polar surface area (TPSA) is 54.9 Å². The van der Waals surface area contributed by atoms with Gasteiger partial charge in [-0.1, -0.05) is 33.8 Å². The van der Waals surface area contributed by atoms with E-state index < -0.39 is 0 Å². The maximum Gasteiger partial charge on any atom is 0.269 e. The average Bonchev–Trinajstić information content (AvgIpc) is 3.10. The zero-order chi connectivity index (χ0) is 14.8. The fourth-order valence-corrected chi connectivity index (χ4v) is 3.50. The molecule has 3 aromatic rings. The van der Waals surface area contributed by atoms with Gasteiger partial charge in [0.2, 0.25) is 0 Å². The van der Waals surface area contributed by atoms with Crippen molar-refractivity contribution in [2.75, 3.05) is 5.32 Å². The highest BCUT2D eigenvalue weighted by atomic mass is 35.5. The third kappa shape index (κ3) is 3.08. The van der Waals surface area contributed by atoms with E-state index >= 15 is 0 Å². The molecule has 0 aliphatic rings. The maximum absolute atomic E-state index is 12.4. The van der Waals surface area contributed by atoms with Crippen LogP contribution in [0, 0.1) is 0 Å². The number of halogens is 2. The molecule has 21 heavy (non-hydrogen) atoms. The number of nitrogens with zero attached hydrogens (tertiary/aromatic N) is 2. The highest BCUT2D eigenvalue weighted by molar-refractivity contribution is 7.14. The maximum atomic E-state index is 12.4. The highest BCUT2D eigenvalue weighted by Gasteiger charge is 2.19. The molecule has 0 saturated heterocycles. The summed E-state index contributed by atoms with van der Waals surface area (Å²) >= 11 is 14.4. The van der Waals surface area contributed by atoms with E-state index in [4.69, 9.17) is 23.2 Å². The van der Waals surface area contributed by atoms with Gasteiger partial charge in [-0.05, 0) is 41.2 Å². The molecule has 1 aromatic carbocycles. The predicted octanol–water partition coefficient (Wildman–Crippen LogP) is 4.83. The normalized spacial score (nSPS) is 10.6. The number of thiophene rings is 1. The fourth-order valence-electron chi connectivity index (χ4n) is 1.68. The summed E-state index contributed by atoms with van der Waals surface area (Å²) in [5.74, 6) is -0.294. The fraction of sp³-hybridized carbons (Fsp3) is 0. The summed E-state index contributed by atoms with van der Waals surface area (Å²) < 4.78 is 3.86. The first kappa shape index (κ1) is 14.5. The first-order chi connectivity index (χ1) is 10.1. The lowest BCUT2D eigenvalue weighted by atomic mass is 10.2. The second-order valence-corrected chi connectivity index (χ2v) is 6.55. The molecule has 0 bridgehead atoms. The smallest absolute Gasteiger partial charge is 0.269 e. The van der Waals surface area contributed by atoms with Gasteiger partial charge in [0.25, 0.3) is 5.91 Å². The minimum absolute atomic E-state index is 0.294. The van der Waals surface area contributed by atoms with Gasteiger partial charge >= 0.3 is 0 Å². The Hall–Kier alpha value is -1.47. The van der Waals surface area contributed by atoms with Crippen LogP contribution < -0.4 is 5.32 Å². The number of benzene rings is 1. The number of nitrogens with one attached hydrogen (secondary N) is 1. The lowest BCUT2D eigenvalue weighted by Crippen LogP contribution is -2.11. The van der Waals surface area contributed by atoms with E-state index in [-0.39, 0.29) is 5.91 Å². The van der Waals surface area contributed by atoms with Crippen LogP contribution >= 0.6 is 46.1 Å². The number of aromatic nitrogens is 2. The molecule has 106 valence electrons. The number of rotatable bonds is 3. The van der Waals surface area contributed by atoms with Gasteiger partial charge in [0.05, 0.1) is 15.6 Å². The molecule has 8 heteroatoms. The summed E-state index contributed by atoms with van der Waals surface area (Å²) in [7, 11) is 0. The number of hydrogen-bond acceptors (Lipinski definition) is 5. The van der Waals surface area contributed by atoms with Crippen LogP contribution in [0.3, 0.4) is 0 Å². The average molecular weight is 356 g/mol. The van der Waals surface area contributed by atoms with Gasteiger partial charge in [-0.15, -0.1) is 16.4 Å². The first-order valence-electron chi connectivity index (χ1n) is 5.78. The molecule has 2 aromatic heterocycles. The van der Waals surface area contributed by atoms with Crippen LogP contribution in [0.4, 0.5) is 5.69 Å². The predicted molar refractivity (Wildman–Crippen MR) is 87.6 cm³/mol. The van der Waals surface area contributed by atoms with Crippen molar-refractivity contribution >= 4 is 57.7 Å². The number of hydrogen-bond donors (Lipinski definition) is 1. The van der Waals surface area contributed by atoms with Crippen molar-refractivity contribution in [1.82, 2.24) is 9.59 Å². The van der Waals surface area contributed by atoms with Crippen LogP contribution in [-0.2, 0) is 0 Å². The van der Waals surface area contributed by atoms with Gasteiger partial charge in [0.1, 0.15) is 10.6 Å². The van der Waals surface area contributed by atoms with Crippen LogP contribution in [0.15, 0.2) is 35.7 Å². The Morgan fingerprint density at radius 2 is 2.10 bits per heavy atom. The van der Waals surface area contributed by atoms with Crippen molar-refractivity contribution < 1.29 is 4.79 Å². The molecule has 2 heterocycles. The minimum Gasteiger partial charge on any atom is -0.320 e. The lowest BCUT2D eigenvalue weighted by Gasteiger charge is -2.06. The molecule has 1 N–H and O–H groups in total. The molecule has 0 unspecified atom stereocenters. The number of carbonyl (C=O) groups excluding carboxylic acids is 1. The molecular formula is C13H7Cl2N3OS2. The molecular weight excluding hydrogens is 349 g/mol. The molecule has 0 saturated carbocycles. The highest BCUT2D eigenvalue weighted by Crippen LogP contribution is 2.30. The number of amides is 1. The van der Waals surface area contributed by atoms with Gasteiger partial charge in [-0.3, -0.25) is 4.79 Å². The van der Waals surface area contributed by atoms with Gasteiger partial charge in [-0.2, -0.15) is 0 Å². The Morgan fingerprint density at radius 3 is 2.81 bits per heavy atom. The monoisotopic (exact) mass is 355 g/mol. The van der Waals surface area contributed by atoms with E-state index in [2.05, 4.69) is 14.9 Å². The van der Waals surface area contributed by atoms with Crippen LogP contribution in [0.1, 0.15) is 9.67 Å². The summed E-state index contributed by atoms with van der Waals surface area (Å²) in [6.07, 6.45) is 0. The Morgan fingerprint density at radius 1 is 1.24 bits per heavy atom. The van der Waals surface area contributed by atoms with Crippen molar-refractivity contribution in [2.45, 2.75) is 0 Å². The summed E-state index contributed by atoms with van der Waals surface area (Å²) in [6.45, 7) is 0. The molecule has 0 fully saturated rings. The van der Waals surface area contributed by atoms with Crippen molar-refractivity contribution in [1.29, 1.82) is 0 Å². The van der Waals surface area contributed by atoms with E-state index in [0.717, 1.165) is 16.4 Å². The van der Waals surface area contributed by atoms with Crippen molar-refractivity contribution in [2.24, 2.45) is 0 Å². The zero-order valence-electron chi connectivity index (χ0n) is 10.3. The van der Waals surface area contributed by atoms with E-state index in [1.54, 1.807) is 18.2 Å². The Labute approximate surface area is 138 Å². The third-order valence-corrected chi connectivity index (χ3v) is 4.78. The minimum atomic E-state index is -0.294. The van der Waals surface area contributed by atoms with Crippen molar-refractivity contribution in [3.8, 4) is 10.6 Å². The molecule has 0 radical (unpaired) electrons. The molecule has 0 spiro atoms. The van der Waals surface area contributed by atoms with Gasteiger partial charge < -0.3 is 5.32 Å². The summed E-state index contributed by atoms with van der Waals surface area (Å²) in [6, 6.07) is 8.68. The Balaban J connectivity index is 1.88. The molecule has 0 atom stereocenters. The quantitative estimate of drug-likeness (QED) is 0.732. The molecule has 0 aliphatic heterocycles. The van der Waals surface area contributed by atoms with Crippen LogP contribution in [-0.4, -0.2) is 15.5 Å². The van der Waals surface area contributed by atoms with Gasteiger partial charge in [0.15, 0.2) is 0 Å². The van der Waals surface area contributed by atoms with Crippen LogP contribution in [0.25, 0.3) is 10.6 Å². The molecule has 0 aliphatic carbocycles. The summed E-state index contributed by atoms with van der Waals surface area (Å²) in [4.78, 5) is 13.7. The van der Waals surface area contributed by atoms with Gasteiger partial charge in [0, 0.05) is 5.02 Å². The first-order valence-corrected chi connectivity index (χ1v) is 8.18. The lowest BCUT2D eigenvalue weighted by molar-refractivity contribution is 0.103. The summed E-state index contributed by atoms with van der Waals surface area (Å²) in [5.41, 5.74) is 1.08. The van der Waals surface area contributed by atoms with Crippen LogP contribution in [0.2, 0.25) is 10.0 Å². The second-order valence-electron chi connectivity index (χ2n) is 4.01. The largest absolute Gasteiger partial charge is 0.320 e.